The smallest absolute Gasteiger partial charge is 0.256 e. The van der Waals surface area contributed by atoms with Gasteiger partial charge in [0.15, 0.2) is 11.5 Å². The Morgan fingerprint density at radius 1 is 0.938 bits per heavy atom. The second-order valence-corrected chi connectivity index (χ2v) is 7.65. The van der Waals surface area contributed by atoms with E-state index in [0.717, 1.165) is 23.1 Å². The molecule has 164 valence electrons. The van der Waals surface area contributed by atoms with Crippen LogP contribution in [0.4, 0.5) is 5.69 Å². The van der Waals surface area contributed by atoms with Gasteiger partial charge in [0.2, 0.25) is 5.91 Å². The van der Waals surface area contributed by atoms with E-state index in [1.165, 1.54) is 7.11 Å². The van der Waals surface area contributed by atoms with Crippen LogP contribution in [0.5, 0.6) is 11.5 Å². The number of amides is 2. The zero-order chi connectivity index (χ0) is 22.5. The number of fused-ring (bicyclic) bond motifs is 1. The summed E-state index contributed by atoms with van der Waals surface area (Å²) in [5, 5.41) is 2.85. The molecule has 0 bridgehead atoms. The fourth-order valence-electron chi connectivity index (χ4n) is 3.84. The van der Waals surface area contributed by atoms with Gasteiger partial charge < -0.3 is 19.7 Å². The number of nitrogens with zero attached hydrogens (tertiary/aromatic N) is 1. The Balaban J connectivity index is 1.63. The highest BCUT2D eigenvalue weighted by molar-refractivity contribution is 6.09. The normalized spacial score (nSPS) is 13.2. The number of carbonyl (C=O) groups excluding carboxylic acids is 2. The van der Waals surface area contributed by atoms with Crippen LogP contribution >= 0.6 is 0 Å². The van der Waals surface area contributed by atoms with E-state index < -0.39 is 0 Å². The van der Waals surface area contributed by atoms with Gasteiger partial charge in [-0.05, 0) is 29.2 Å². The highest BCUT2D eigenvalue weighted by Crippen LogP contribution is 2.36. The Morgan fingerprint density at radius 2 is 1.66 bits per heavy atom. The topological polar surface area (TPSA) is 67.9 Å². The van der Waals surface area contributed by atoms with Crippen LogP contribution in [0.3, 0.4) is 0 Å². The van der Waals surface area contributed by atoms with Crippen molar-refractivity contribution in [2.45, 2.75) is 26.5 Å². The molecule has 1 aliphatic heterocycles. The van der Waals surface area contributed by atoms with Gasteiger partial charge in [0, 0.05) is 12.6 Å². The third-order valence-corrected chi connectivity index (χ3v) is 5.53. The summed E-state index contributed by atoms with van der Waals surface area (Å²) in [5.74, 6) is 0.438. The molecule has 1 heterocycles. The van der Waals surface area contributed by atoms with Crippen LogP contribution in [-0.4, -0.2) is 30.4 Å². The molecule has 1 N–H and O–H groups in total. The number of methoxy groups -OCH3 is 1. The summed E-state index contributed by atoms with van der Waals surface area (Å²) in [6, 6.07) is 21.0. The maximum Gasteiger partial charge on any atom is 0.256 e. The molecule has 1 aliphatic rings. The molecule has 6 nitrogen and oxygen atoms in total. The summed E-state index contributed by atoms with van der Waals surface area (Å²) in [4.78, 5) is 27.6. The lowest BCUT2D eigenvalue weighted by Gasteiger charge is -2.21. The second-order valence-electron chi connectivity index (χ2n) is 7.65. The fourth-order valence-corrected chi connectivity index (χ4v) is 3.84. The molecule has 2 amide bonds. The van der Waals surface area contributed by atoms with Crippen LogP contribution in [0.2, 0.25) is 0 Å². The summed E-state index contributed by atoms with van der Waals surface area (Å²) in [6.45, 7) is 2.77. The number of nitrogens with one attached hydrogen (secondary N) is 1. The lowest BCUT2D eigenvalue weighted by atomic mass is 10.0. The average Bonchev–Trinajstić information content (AvgIpc) is 2.93. The van der Waals surface area contributed by atoms with Crippen LogP contribution in [0.1, 0.15) is 34.0 Å². The monoisotopic (exact) mass is 430 g/mol. The van der Waals surface area contributed by atoms with Crippen molar-refractivity contribution in [2.75, 3.05) is 19.0 Å². The van der Waals surface area contributed by atoms with Gasteiger partial charge in [-0.2, -0.15) is 0 Å². The molecule has 32 heavy (non-hydrogen) atoms. The molecule has 0 aromatic heterocycles. The first-order chi connectivity index (χ1) is 15.6. The molecule has 0 saturated carbocycles. The SMILES string of the molecule is CCc1ccccc1CN1CC(=O)Nc2cc(OCc3ccccc3)c(OC)cc2C1=O. The van der Waals surface area contributed by atoms with Gasteiger partial charge in [-0.25, -0.2) is 0 Å². The molecule has 6 heteroatoms. The molecule has 0 atom stereocenters. The minimum atomic E-state index is -0.245. The highest BCUT2D eigenvalue weighted by Gasteiger charge is 2.28. The third-order valence-electron chi connectivity index (χ3n) is 5.53. The first kappa shape index (κ1) is 21.4. The molecule has 0 unspecified atom stereocenters. The molecule has 0 radical (unpaired) electrons. The number of ether oxygens (including phenoxy) is 2. The van der Waals surface area contributed by atoms with Crippen LogP contribution in [0.15, 0.2) is 66.7 Å². The van der Waals surface area contributed by atoms with Gasteiger partial charge in [-0.1, -0.05) is 61.5 Å². The molecule has 3 aromatic carbocycles. The summed E-state index contributed by atoms with van der Waals surface area (Å²) in [7, 11) is 1.53. The number of aryl methyl sites for hydroxylation is 1. The predicted molar refractivity (Wildman–Crippen MR) is 123 cm³/mol. The lowest BCUT2D eigenvalue weighted by molar-refractivity contribution is -0.116. The van der Waals surface area contributed by atoms with Crippen molar-refractivity contribution in [3.8, 4) is 11.5 Å². The van der Waals surface area contributed by atoms with Gasteiger partial charge in [0.25, 0.3) is 5.91 Å². The number of anilines is 1. The maximum absolute atomic E-state index is 13.4. The van der Waals surface area contributed by atoms with Gasteiger partial charge in [-0.15, -0.1) is 0 Å². The molecule has 0 spiro atoms. The average molecular weight is 431 g/mol. The minimum Gasteiger partial charge on any atom is -0.493 e. The van der Waals surface area contributed by atoms with Crippen molar-refractivity contribution in [2.24, 2.45) is 0 Å². The Bertz CT molecular complexity index is 1130. The van der Waals surface area contributed by atoms with Gasteiger partial charge in [0.1, 0.15) is 13.2 Å². The molecule has 4 rings (SSSR count). The minimum absolute atomic E-state index is 0.0198. The first-order valence-electron chi connectivity index (χ1n) is 10.6. The number of benzene rings is 3. The van der Waals surface area contributed by atoms with Crippen molar-refractivity contribution in [3.63, 3.8) is 0 Å². The summed E-state index contributed by atoms with van der Waals surface area (Å²) >= 11 is 0. The van der Waals surface area contributed by atoms with Gasteiger partial charge in [-0.3, -0.25) is 9.59 Å². The van der Waals surface area contributed by atoms with E-state index in [2.05, 4.69) is 12.2 Å². The van der Waals surface area contributed by atoms with Crippen LogP contribution in [0.25, 0.3) is 0 Å². The molecular formula is C26H26N2O4. The summed E-state index contributed by atoms with van der Waals surface area (Å²) < 4.78 is 11.4. The van der Waals surface area contributed by atoms with E-state index in [1.807, 2.05) is 54.6 Å². The zero-order valence-corrected chi connectivity index (χ0v) is 18.3. The molecule has 0 fully saturated rings. The summed E-state index contributed by atoms with van der Waals surface area (Å²) in [5.41, 5.74) is 4.01. The van der Waals surface area contributed by atoms with E-state index in [1.54, 1.807) is 17.0 Å². The number of hydrogen-bond donors (Lipinski definition) is 1. The van der Waals surface area contributed by atoms with E-state index in [0.29, 0.717) is 35.9 Å². The van der Waals surface area contributed by atoms with E-state index in [4.69, 9.17) is 9.47 Å². The van der Waals surface area contributed by atoms with Crippen molar-refractivity contribution < 1.29 is 19.1 Å². The first-order valence-corrected chi connectivity index (χ1v) is 10.6. The molecular weight excluding hydrogens is 404 g/mol. The Kier molecular flexibility index (Phi) is 6.40. The molecule has 0 aliphatic carbocycles. The fraction of sp³-hybridized carbons (Fsp3) is 0.231. The molecule has 0 saturated heterocycles. The van der Waals surface area contributed by atoms with Crippen molar-refractivity contribution in [3.05, 3.63) is 89.0 Å². The van der Waals surface area contributed by atoms with Gasteiger partial charge in [0.05, 0.1) is 18.4 Å². The van der Waals surface area contributed by atoms with E-state index in [9.17, 15) is 9.59 Å². The van der Waals surface area contributed by atoms with Crippen LogP contribution < -0.4 is 14.8 Å². The Labute approximate surface area is 187 Å². The number of carbonyl (C=O) groups is 2. The third kappa shape index (κ3) is 4.59. The Morgan fingerprint density at radius 3 is 2.38 bits per heavy atom. The Hall–Kier alpha value is -3.80. The largest absolute Gasteiger partial charge is 0.493 e. The second kappa shape index (κ2) is 9.56. The van der Waals surface area contributed by atoms with Crippen molar-refractivity contribution in [1.82, 2.24) is 4.90 Å². The van der Waals surface area contributed by atoms with Crippen molar-refractivity contribution >= 4 is 17.5 Å². The quantitative estimate of drug-likeness (QED) is 0.602. The van der Waals surface area contributed by atoms with E-state index >= 15 is 0 Å². The predicted octanol–water partition coefficient (Wildman–Crippen LogP) is 4.43. The number of rotatable bonds is 7. The number of hydrogen-bond acceptors (Lipinski definition) is 4. The van der Waals surface area contributed by atoms with Gasteiger partial charge >= 0.3 is 0 Å². The van der Waals surface area contributed by atoms with E-state index in [-0.39, 0.29) is 18.4 Å². The van der Waals surface area contributed by atoms with Crippen molar-refractivity contribution in [1.29, 1.82) is 0 Å². The standard InChI is InChI=1S/C26H26N2O4/c1-3-19-11-7-8-12-20(19)15-28-16-25(29)27-22-14-24(23(31-2)13-21(22)26(28)30)32-17-18-9-5-4-6-10-18/h4-14H,3,15-17H2,1-2H3,(H,27,29). The summed E-state index contributed by atoms with van der Waals surface area (Å²) in [6.07, 6.45) is 0.858. The van der Waals surface area contributed by atoms with Crippen LogP contribution in [-0.2, 0) is 24.4 Å². The zero-order valence-electron chi connectivity index (χ0n) is 18.3. The molecule has 3 aromatic rings. The van der Waals surface area contributed by atoms with Crippen LogP contribution in [0, 0.1) is 0 Å². The highest BCUT2D eigenvalue weighted by atomic mass is 16.5. The lowest BCUT2D eigenvalue weighted by Crippen LogP contribution is -2.34. The maximum atomic E-state index is 13.4.